The lowest BCUT2D eigenvalue weighted by atomic mass is 10.2. The molecule has 0 radical (unpaired) electrons. The molecule has 18 heavy (non-hydrogen) atoms. The highest BCUT2D eigenvalue weighted by atomic mass is 32.2. The van der Waals surface area contributed by atoms with Crippen LogP contribution >= 0.6 is 0 Å². The Labute approximate surface area is 105 Å². The van der Waals surface area contributed by atoms with Gasteiger partial charge < -0.3 is 5.73 Å². The molecule has 100 valence electrons. The predicted octanol–water partition coefficient (Wildman–Crippen LogP) is -0.403. The number of anilines is 1. The molecule has 1 aromatic rings. The number of rotatable bonds is 3. The molecule has 0 aliphatic rings. The number of benzene rings is 1. The highest BCUT2D eigenvalue weighted by Gasteiger charge is 2.20. The maximum atomic E-state index is 11.4. The summed E-state index contributed by atoms with van der Waals surface area (Å²) in [6, 6.07) is 2.05. The van der Waals surface area contributed by atoms with E-state index in [0.29, 0.717) is 0 Å². The zero-order valence-corrected chi connectivity index (χ0v) is 11.1. The second-order valence-corrected chi connectivity index (χ2v) is 6.58. The van der Waals surface area contributed by atoms with E-state index in [9.17, 15) is 16.8 Å². The van der Waals surface area contributed by atoms with Gasteiger partial charge in [0.25, 0.3) is 0 Å². The van der Waals surface area contributed by atoms with Crippen molar-refractivity contribution in [1.29, 1.82) is 0 Å². The lowest BCUT2D eigenvalue weighted by Gasteiger charge is -2.09. The van der Waals surface area contributed by atoms with Crippen molar-refractivity contribution in [3.05, 3.63) is 23.8 Å². The number of primary sulfonamides is 2. The third-order valence-corrected chi connectivity index (χ3v) is 4.03. The quantitative estimate of drug-likeness (QED) is 0.648. The van der Waals surface area contributed by atoms with Gasteiger partial charge in [-0.3, -0.25) is 0 Å². The van der Waals surface area contributed by atoms with E-state index in [-0.39, 0.29) is 16.1 Å². The Kier molecular flexibility index (Phi) is 3.81. The normalized spacial score (nSPS) is 13.1. The van der Waals surface area contributed by atoms with Crippen LogP contribution in [0.25, 0.3) is 6.08 Å². The number of sulfonamides is 2. The first kappa shape index (κ1) is 14.6. The third kappa shape index (κ3) is 3.07. The number of nitrogen functional groups attached to an aromatic ring is 1. The lowest BCUT2D eigenvalue weighted by Crippen LogP contribution is -2.18. The first-order chi connectivity index (χ1) is 8.07. The van der Waals surface area contributed by atoms with E-state index in [2.05, 4.69) is 0 Å². The van der Waals surface area contributed by atoms with Gasteiger partial charge in [0.2, 0.25) is 20.0 Å². The van der Waals surface area contributed by atoms with Gasteiger partial charge in [-0.05, 0) is 24.6 Å². The molecular weight excluding hydrogens is 278 g/mol. The zero-order chi connectivity index (χ0) is 14.1. The van der Waals surface area contributed by atoms with E-state index >= 15 is 0 Å². The van der Waals surface area contributed by atoms with Gasteiger partial charge in [-0.1, -0.05) is 12.2 Å². The zero-order valence-electron chi connectivity index (χ0n) is 9.49. The van der Waals surface area contributed by atoms with Crippen molar-refractivity contribution >= 4 is 31.8 Å². The Morgan fingerprint density at radius 3 is 1.89 bits per heavy atom. The monoisotopic (exact) mass is 291 g/mol. The molecular formula is C9H13N3O4S2. The number of hydrogen-bond acceptors (Lipinski definition) is 5. The van der Waals surface area contributed by atoms with Gasteiger partial charge in [-0.2, -0.15) is 0 Å². The van der Waals surface area contributed by atoms with Gasteiger partial charge in [0.05, 0.1) is 10.6 Å². The van der Waals surface area contributed by atoms with Crippen molar-refractivity contribution < 1.29 is 16.8 Å². The maximum absolute atomic E-state index is 11.4. The Bertz CT molecular complexity index is 706. The first-order valence-electron chi connectivity index (χ1n) is 4.69. The molecule has 0 saturated heterocycles. The molecule has 0 aromatic heterocycles. The number of nitrogens with two attached hydrogens (primary N) is 3. The second kappa shape index (κ2) is 4.69. The molecule has 9 heteroatoms. The highest BCUT2D eigenvalue weighted by Crippen LogP contribution is 2.26. The summed E-state index contributed by atoms with van der Waals surface area (Å²) in [5.41, 5.74) is 5.58. The molecule has 1 rings (SSSR count). The summed E-state index contributed by atoms with van der Waals surface area (Å²) in [6.07, 6.45) is 3.02. The Balaban J connectivity index is 3.78. The van der Waals surface area contributed by atoms with Crippen LogP contribution in [-0.4, -0.2) is 16.8 Å². The molecule has 0 amide bonds. The van der Waals surface area contributed by atoms with Crippen molar-refractivity contribution in [3.8, 4) is 0 Å². The summed E-state index contributed by atoms with van der Waals surface area (Å²) < 4.78 is 45.3. The molecule has 0 bridgehead atoms. The molecule has 1 aromatic carbocycles. The van der Waals surface area contributed by atoms with Crippen molar-refractivity contribution in [1.82, 2.24) is 0 Å². The minimum Gasteiger partial charge on any atom is -0.398 e. The SMILES string of the molecule is CC=Cc1cc(N)c(S(N)(=O)=O)cc1S(N)(=O)=O. The topological polar surface area (TPSA) is 146 Å². The fourth-order valence-electron chi connectivity index (χ4n) is 1.40. The second-order valence-electron chi connectivity index (χ2n) is 3.52. The largest absolute Gasteiger partial charge is 0.398 e. The summed E-state index contributed by atoms with van der Waals surface area (Å²) in [5.74, 6) is 0. The van der Waals surface area contributed by atoms with E-state index in [1.165, 1.54) is 12.1 Å². The summed E-state index contributed by atoms with van der Waals surface area (Å²) in [7, 11) is -8.20. The summed E-state index contributed by atoms with van der Waals surface area (Å²) >= 11 is 0. The van der Waals surface area contributed by atoms with E-state index in [0.717, 1.165) is 6.07 Å². The van der Waals surface area contributed by atoms with Crippen LogP contribution in [0, 0.1) is 0 Å². The van der Waals surface area contributed by atoms with Gasteiger partial charge in [-0.15, -0.1) is 0 Å². The molecule has 6 N–H and O–H groups in total. The van der Waals surface area contributed by atoms with Crippen LogP contribution in [0.15, 0.2) is 28.0 Å². The van der Waals surface area contributed by atoms with Crippen LogP contribution in [0.2, 0.25) is 0 Å². The minimum absolute atomic E-state index is 0.141. The van der Waals surface area contributed by atoms with Crippen molar-refractivity contribution in [2.24, 2.45) is 10.3 Å². The number of hydrogen-bond donors (Lipinski definition) is 3. The molecule has 0 heterocycles. The molecule has 0 unspecified atom stereocenters. The lowest BCUT2D eigenvalue weighted by molar-refractivity contribution is 0.596. The van der Waals surface area contributed by atoms with E-state index < -0.39 is 24.9 Å². The van der Waals surface area contributed by atoms with Crippen molar-refractivity contribution in [2.75, 3.05) is 5.73 Å². The third-order valence-electron chi connectivity index (χ3n) is 2.10. The number of allylic oxidation sites excluding steroid dienone is 1. The smallest absolute Gasteiger partial charge is 0.240 e. The van der Waals surface area contributed by atoms with Crippen LogP contribution in [-0.2, 0) is 20.0 Å². The van der Waals surface area contributed by atoms with Crippen LogP contribution in [0.3, 0.4) is 0 Å². The Morgan fingerprint density at radius 2 is 1.50 bits per heavy atom. The molecule has 0 aliphatic heterocycles. The van der Waals surface area contributed by atoms with Crippen LogP contribution in [0.4, 0.5) is 5.69 Å². The molecule has 0 atom stereocenters. The first-order valence-corrected chi connectivity index (χ1v) is 7.78. The Morgan fingerprint density at radius 1 is 1.00 bits per heavy atom. The summed E-state index contributed by atoms with van der Waals surface area (Å²) in [6.45, 7) is 1.66. The fraction of sp³-hybridized carbons (Fsp3) is 0.111. The molecule has 0 saturated carbocycles. The van der Waals surface area contributed by atoms with Gasteiger partial charge >= 0.3 is 0 Å². The average Bonchev–Trinajstić information content (AvgIpc) is 2.13. The Hall–Kier alpha value is -1.42. The van der Waals surface area contributed by atoms with Gasteiger partial charge in [0.1, 0.15) is 4.90 Å². The van der Waals surface area contributed by atoms with Gasteiger partial charge in [-0.25, -0.2) is 27.1 Å². The maximum Gasteiger partial charge on any atom is 0.240 e. The summed E-state index contributed by atoms with van der Waals surface area (Å²) in [4.78, 5) is -0.821. The predicted molar refractivity (Wildman–Crippen MR) is 68.3 cm³/mol. The fourth-order valence-corrected chi connectivity index (χ4v) is 2.88. The molecule has 7 nitrogen and oxygen atoms in total. The molecule has 0 aliphatic carbocycles. The van der Waals surface area contributed by atoms with Crippen LogP contribution in [0.1, 0.15) is 12.5 Å². The van der Waals surface area contributed by atoms with Crippen molar-refractivity contribution in [3.63, 3.8) is 0 Å². The van der Waals surface area contributed by atoms with Gasteiger partial charge in [0.15, 0.2) is 0 Å². The van der Waals surface area contributed by atoms with Gasteiger partial charge in [0, 0.05) is 0 Å². The molecule has 0 fully saturated rings. The highest BCUT2D eigenvalue weighted by molar-refractivity contribution is 7.90. The van der Waals surface area contributed by atoms with Crippen molar-refractivity contribution in [2.45, 2.75) is 16.7 Å². The molecule has 0 spiro atoms. The van der Waals surface area contributed by atoms with E-state index in [4.69, 9.17) is 16.0 Å². The van der Waals surface area contributed by atoms with Crippen LogP contribution in [0.5, 0.6) is 0 Å². The van der Waals surface area contributed by atoms with Crippen LogP contribution < -0.4 is 16.0 Å². The van der Waals surface area contributed by atoms with E-state index in [1.807, 2.05) is 0 Å². The summed E-state index contributed by atoms with van der Waals surface area (Å²) in [5, 5.41) is 9.94. The minimum atomic E-state index is -4.12. The average molecular weight is 291 g/mol. The standard InChI is InChI=1S/C9H13N3O4S2/c1-2-3-6-4-7(10)9(18(12,15)16)5-8(6)17(11,13)14/h2-5H,10H2,1H3,(H2,11,13,14)(H2,12,15,16). The van der Waals surface area contributed by atoms with E-state index in [1.54, 1.807) is 13.0 Å².